The van der Waals surface area contributed by atoms with Crippen LogP contribution in [0.25, 0.3) is 0 Å². The first-order chi connectivity index (χ1) is 8.63. The van der Waals surface area contributed by atoms with Crippen LogP contribution in [0.4, 0.5) is 0 Å². The lowest BCUT2D eigenvalue weighted by molar-refractivity contribution is -0.147. The van der Waals surface area contributed by atoms with E-state index in [1.165, 1.54) is 12.1 Å². The summed E-state index contributed by atoms with van der Waals surface area (Å²) in [6.45, 7) is 0.816. The van der Waals surface area contributed by atoms with Crippen molar-refractivity contribution in [1.29, 1.82) is 0 Å². The number of phenols is 1. The molecule has 5 heteroatoms. The summed E-state index contributed by atoms with van der Waals surface area (Å²) >= 11 is 0. The van der Waals surface area contributed by atoms with Crippen molar-refractivity contribution in [2.45, 2.75) is 24.7 Å². The number of benzene rings is 1. The summed E-state index contributed by atoms with van der Waals surface area (Å²) in [5, 5.41) is 19.2. The zero-order valence-electron chi connectivity index (χ0n) is 9.81. The second-order valence-electron chi connectivity index (χ2n) is 4.76. The van der Waals surface area contributed by atoms with Crippen molar-refractivity contribution in [3.8, 4) is 17.2 Å². The SMILES string of the molecule is O=C(O)C1(c2cc(O)cc3c2OCCO3)CCC1. The van der Waals surface area contributed by atoms with Crippen LogP contribution in [0, 0.1) is 0 Å². The van der Waals surface area contributed by atoms with E-state index in [1.807, 2.05) is 0 Å². The minimum absolute atomic E-state index is 0.0155. The molecule has 18 heavy (non-hydrogen) atoms. The van der Waals surface area contributed by atoms with Crippen LogP contribution < -0.4 is 9.47 Å². The summed E-state index contributed by atoms with van der Waals surface area (Å²) in [6.07, 6.45) is 2.01. The van der Waals surface area contributed by atoms with Crippen LogP contribution in [-0.2, 0) is 10.2 Å². The van der Waals surface area contributed by atoms with E-state index in [0.29, 0.717) is 43.1 Å². The summed E-state index contributed by atoms with van der Waals surface area (Å²) in [6, 6.07) is 2.95. The van der Waals surface area contributed by atoms with E-state index in [4.69, 9.17) is 9.47 Å². The Morgan fingerprint density at radius 3 is 2.56 bits per heavy atom. The van der Waals surface area contributed by atoms with Gasteiger partial charge in [-0.15, -0.1) is 0 Å². The zero-order chi connectivity index (χ0) is 12.8. The lowest BCUT2D eigenvalue weighted by atomic mass is 9.64. The number of phenolic OH excluding ortho intramolecular Hbond substituents is 1. The van der Waals surface area contributed by atoms with Crippen LogP contribution in [0.2, 0.25) is 0 Å². The molecule has 1 aromatic carbocycles. The number of carboxylic acids is 1. The Kier molecular flexibility index (Phi) is 2.36. The molecule has 3 rings (SSSR count). The Bertz CT molecular complexity index is 504. The van der Waals surface area contributed by atoms with Gasteiger partial charge in [0.1, 0.15) is 19.0 Å². The predicted octanol–water partition coefficient (Wildman–Crippen LogP) is 1.67. The number of carboxylic acid groups (broad SMARTS) is 1. The zero-order valence-corrected chi connectivity index (χ0v) is 9.81. The molecule has 0 radical (unpaired) electrons. The first-order valence-corrected chi connectivity index (χ1v) is 6.00. The highest BCUT2D eigenvalue weighted by atomic mass is 16.6. The van der Waals surface area contributed by atoms with Crippen molar-refractivity contribution in [3.63, 3.8) is 0 Å². The fourth-order valence-electron chi connectivity index (χ4n) is 2.62. The van der Waals surface area contributed by atoms with Gasteiger partial charge < -0.3 is 19.7 Å². The van der Waals surface area contributed by atoms with Crippen molar-refractivity contribution < 1.29 is 24.5 Å². The normalized spacial score (nSPS) is 20.0. The highest BCUT2D eigenvalue weighted by Crippen LogP contribution is 2.51. The van der Waals surface area contributed by atoms with Gasteiger partial charge in [-0.25, -0.2) is 0 Å². The van der Waals surface area contributed by atoms with Gasteiger partial charge in [0, 0.05) is 11.6 Å². The largest absolute Gasteiger partial charge is 0.508 e. The third kappa shape index (κ3) is 1.43. The summed E-state index contributed by atoms with van der Waals surface area (Å²) in [7, 11) is 0. The second-order valence-corrected chi connectivity index (χ2v) is 4.76. The number of carbonyl (C=O) groups is 1. The molecule has 0 atom stereocenters. The minimum Gasteiger partial charge on any atom is -0.508 e. The molecule has 1 aromatic rings. The van der Waals surface area contributed by atoms with Gasteiger partial charge >= 0.3 is 5.97 Å². The fraction of sp³-hybridized carbons (Fsp3) is 0.462. The van der Waals surface area contributed by atoms with Crippen LogP contribution in [-0.4, -0.2) is 29.4 Å². The van der Waals surface area contributed by atoms with Gasteiger partial charge in [0.2, 0.25) is 0 Å². The first kappa shape index (κ1) is 11.2. The summed E-state index contributed by atoms with van der Waals surface area (Å²) in [5.41, 5.74) is -0.389. The Morgan fingerprint density at radius 2 is 1.94 bits per heavy atom. The molecule has 1 fully saturated rings. The number of ether oxygens (including phenoxy) is 2. The number of aromatic hydroxyl groups is 1. The summed E-state index contributed by atoms with van der Waals surface area (Å²) in [5.74, 6) is 0.0578. The van der Waals surface area contributed by atoms with Crippen LogP contribution in [0.5, 0.6) is 17.2 Å². The smallest absolute Gasteiger partial charge is 0.314 e. The molecule has 1 aliphatic carbocycles. The highest BCUT2D eigenvalue weighted by molar-refractivity contribution is 5.84. The third-order valence-electron chi connectivity index (χ3n) is 3.76. The Balaban J connectivity index is 2.16. The highest BCUT2D eigenvalue weighted by Gasteiger charge is 2.48. The van der Waals surface area contributed by atoms with Gasteiger partial charge in [0.05, 0.1) is 5.41 Å². The van der Waals surface area contributed by atoms with Crippen LogP contribution in [0.1, 0.15) is 24.8 Å². The minimum atomic E-state index is -0.927. The molecule has 0 saturated heterocycles. The van der Waals surface area contributed by atoms with Crippen LogP contribution in [0.15, 0.2) is 12.1 Å². The van der Waals surface area contributed by atoms with E-state index >= 15 is 0 Å². The first-order valence-electron chi connectivity index (χ1n) is 6.00. The molecule has 1 heterocycles. The summed E-state index contributed by atoms with van der Waals surface area (Å²) in [4.78, 5) is 11.5. The molecule has 0 aromatic heterocycles. The van der Waals surface area contributed by atoms with E-state index in [0.717, 1.165) is 6.42 Å². The molecular formula is C13H14O5. The van der Waals surface area contributed by atoms with Gasteiger partial charge in [0.15, 0.2) is 11.5 Å². The van der Waals surface area contributed by atoms with E-state index in [1.54, 1.807) is 0 Å². The molecule has 2 aliphatic rings. The fourth-order valence-corrected chi connectivity index (χ4v) is 2.62. The maximum atomic E-state index is 11.5. The van der Waals surface area contributed by atoms with Gasteiger partial charge in [-0.1, -0.05) is 6.42 Å². The van der Waals surface area contributed by atoms with Gasteiger partial charge in [0.25, 0.3) is 0 Å². The molecule has 0 unspecified atom stereocenters. The Labute approximate surface area is 104 Å². The predicted molar refractivity (Wildman–Crippen MR) is 62.3 cm³/mol. The topological polar surface area (TPSA) is 76.0 Å². The number of aliphatic carboxylic acids is 1. The molecule has 96 valence electrons. The quantitative estimate of drug-likeness (QED) is 0.835. The average molecular weight is 250 g/mol. The van der Waals surface area contributed by atoms with Gasteiger partial charge in [-0.05, 0) is 18.9 Å². The maximum absolute atomic E-state index is 11.5. The van der Waals surface area contributed by atoms with E-state index in [-0.39, 0.29) is 5.75 Å². The van der Waals surface area contributed by atoms with Crippen molar-refractivity contribution in [3.05, 3.63) is 17.7 Å². The Hall–Kier alpha value is -1.91. The van der Waals surface area contributed by atoms with Crippen molar-refractivity contribution in [2.24, 2.45) is 0 Å². The number of rotatable bonds is 2. The molecule has 5 nitrogen and oxygen atoms in total. The van der Waals surface area contributed by atoms with Crippen LogP contribution in [0.3, 0.4) is 0 Å². The molecular weight excluding hydrogens is 236 g/mol. The van der Waals surface area contributed by atoms with Gasteiger partial charge in [-0.3, -0.25) is 4.79 Å². The number of fused-ring (bicyclic) bond motifs is 1. The monoisotopic (exact) mass is 250 g/mol. The lowest BCUT2D eigenvalue weighted by Crippen LogP contribution is -2.43. The summed E-state index contributed by atoms with van der Waals surface area (Å²) < 4.78 is 11.0. The molecule has 2 N–H and O–H groups in total. The third-order valence-corrected chi connectivity index (χ3v) is 3.76. The molecule has 1 aliphatic heterocycles. The molecule has 0 spiro atoms. The number of hydrogen-bond acceptors (Lipinski definition) is 4. The van der Waals surface area contributed by atoms with Crippen LogP contribution >= 0.6 is 0 Å². The van der Waals surface area contributed by atoms with E-state index < -0.39 is 11.4 Å². The molecule has 1 saturated carbocycles. The molecule has 0 bridgehead atoms. The maximum Gasteiger partial charge on any atom is 0.314 e. The van der Waals surface area contributed by atoms with Crippen molar-refractivity contribution in [1.82, 2.24) is 0 Å². The van der Waals surface area contributed by atoms with Gasteiger partial charge in [-0.2, -0.15) is 0 Å². The number of hydrogen-bond donors (Lipinski definition) is 2. The average Bonchev–Trinajstić information content (AvgIpc) is 2.26. The van der Waals surface area contributed by atoms with E-state index in [9.17, 15) is 15.0 Å². The van der Waals surface area contributed by atoms with Crippen molar-refractivity contribution in [2.75, 3.05) is 13.2 Å². The van der Waals surface area contributed by atoms with E-state index in [2.05, 4.69) is 0 Å². The van der Waals surface area contributed by atoms with Crippen molar-refractivity contribution >= 4 is 5.97 Å². The standard InChI is InChI=1S/C13H14O5/c14-8-6-9(13(12(15)16)2-1-3-13)11-10(7-8)17-4-5-18-11/h6-7,14H,1-5H2,(H,15,16). The lowest BCUT2D eigenvalue weighted by Gasteiger charge is -2.39. The molecule has 0 amide bonds. The Morgan fingerprint density at radius 1 is 1.22 bits per heavy atom. The second kappa shape index (κ2) is 3.80.